The average molecular weight is 270 g/mol. The Hall–Kier alpha value is -0.730. The lowest BCUT2D eigenvalue weighted by atomic mass is 9.85. The summed E-state index contributed by atoms with van der Waals surface area (Å²) in [6, 6.07) is 7.69. The van der Waals surface area contributed by atoms with Gasteiger partial charge < -0.3 is 10.4 Å². The van der Waals surface area contributed by atoms with E-state index in [0.29, 0.717) is 10.9 Å². The summed E-state index contributed by atoms with van der Waals surface area (Å²) in [6.45, 7) is 6.62. The first-order valence-corrected chi connectivity index (χ1v) is 7.08. The number of halogens is 1. The van der Waals surface area contributed by atoms with Crippen molar-refractivity contribution < 1.29 is 5.11 Å². The molecule has 0 saturated heterocycles. The Morgan fingerprint density at radius 2 is 2.00 bits per heavy atom. The van der Waals surface area contributed by atoms with Crippen LogP contribution >= 0.6 is 11.6 Å². The summed E-state index contributed by atoms with van der Waals surface area (Å²) in [6.07, 6.45) is 2.94. The smallest absolute Gasteiger partial charge is 0.0661 e. The predicted octanol–water partition coefficient (Wildman–Crippen LogP) is 4.33. The fourth-order valence-electron chi connectivity index (χ4n) is 2.16. The molecule has 0 fully saturated rings. The van der Waals surface area contributed by atoms with E-state index in [2.05, 4.69) is 26.1 Å². The standard InChI is InChI=1S/C15H24ClNO/c1-4-12(3)10-15(5-2,11-18)17-14-9-7-6-8-13(14)16/h6-9,12,17-18H,4-5,10-11H2,1-3H3. The van der Waals surface area contributed by atoms with Gasteiger partial charge in [-0.05, 0) is 30.9 Å². The molecule has 0 aliphatic carbocycles. The number of hydrogen-bond donors (Lipinski definition) is 2. The fourth-order valence-corrected chi connectivity index (χ4v) is 2.34. The van der Waals surface area contributed by atoms with Crippen LogP contribution < -0.4 is 5.32 Å². The van der Waals surface area contributed by atoms with Crippen LogP contribution in [-0.2, 0) is 0 Å². The van der Waals surface area contributed by atoms with E-state index in [1.165, 1.54) is 0 Å². The molecule has 18 heavy (non-hydrogen) atoms. The van der Waals surface area contributed by atoms with E-state index in [0.717, 1.165) is 24.9 Å². The normalized spacial score (nSPS) is 16.1. The maximum absolute atomic E-state index is 9.77. The summed E-state index contributed by atoms with van der Waals surface area (Å²) >= 11 is 6.17. The first-order valence-electron chi connectivity index (χ1n) is 6.70. The monoisotopic (exact) mass is 269 g/mol. The number of nitrogens with one attached hydrogen (secondary N) is 1. The highest BCUT2D eigenvalue weighted by atomic mass is 35.5. The van der Waals surface area contributed by atoms with Gasteiger partial charge in [0.2, 0.25) is 0 Å². The molecule has 1 rings (SSSR count). The highest BCUT2D eigenvalue weighted by Crippen LogP contribution is 2.30. The molecule has 0 bridgehead atoms. The average Bonchev–Trinajstić information content (AvgIpc) is 2.40. The molecule has 0 aliphatic rings. The maximum Gasteiger partial charge on any atom is 0.0661 e. The van der Waals surface area contributed by atoms with Crippen molar-refractivity contribution in [3.05, 3.63) is 29.3 Å². The number of aliphatic hydroxyl groups excluding tert-OH is 1. The number of rotatable bonds is 7. The molecule has 0 spiro atoms. The molecule has 2 N–H and O–H groups in total. The second-order valence-corrected chi connectivity index (χ2v) is 5.52. The molecule has 0 aromatic heterocycles. The third-order valence-electron chi connectivity index (χ3n) is 3.69. The lowest BCUT2D eigenvalue weighted by Gasteiger charge is -2.35. The molecular weight excluding hydrogens is 246 g/mol. The van der Waals surface area contributed by atoms with Gasteiger partial charge in [-0.2, -0.15) is 0 Å². The Bertz CT molecular complexity index is 363. The van der Waals surface area contributed by atoms with E-state index < -0.39 is 0 Å². The van der Waals surface area contributed by atoms with Crippen molar-refractivity contribution in [2.75, 3.05) is 11.9 Å². The zero-order chi connectivity index (χ0) is 13.6. The van der Waals surface area contributed by atoms with Gasteiger partial charge in [0.05, 0.1) is 22.9 Å². The molecule has 2 atom stereocenters. The first kappa shape index (κ1) is 15.3. The zero-order valence-electron chi connectivity index (χ0n) is 11.5. The van der Waals surface area contributed by atoms with Gasteiger partial charge in [-0.15, -0.1) is 0 Å². The van der Waals surface area contributed by atoms with Gasteiger partial charge in [0.25, 0.3) is 0 Å². The zero-order valence-corrected chi connectivity index (χ0v) is 12.3. The van der Waals surface area contributed by atoms with Gasteiger partial charge in [0, 0.05) is 0 Å². The van der Waals surface area contributed by atoms with Gasteiger partial charge in [-0.1, -0.05) is 50.9 Å². The largest absolute Gasteiger partial charge is 0.394 e. The van der Waals surface area contributed by atoms with Gasteiger partial charge in [-0.25, -0.2) is 0 Å². The van der Waals surface area contributed by atoms with Crippen LogP contribution in [0.25, 0.3) is 0 Å². The van der Waals surface area contributed by atoms with Crippen LogP contribution in [0.3, 0.4) is 0 Å². The van der Waals surface area contributed by atoms with Crippen LogP contribution in [0.1, 0.15) is 40.0 Å². The van der Waals surface area contributed by atoms with Crippen LogP contribution in [0.15, 0.2) is 24.3 Å². The summed E-state index contributed by atoms with van der Waals surface area (Å²) in [5.74, 6) is 0.576. The number of anilines is 1. The molecule has 0 aliphatic heterocycles. The summed E-state index contributed by atoms with van der Waals surface area (Å²) in [5, 5.41) is 13.9. The van der Waals surface area contributed by atoms with Crippen molar-refractivity contribution in [3.63, 3.8) is 0 Å². The molecule has 0 radical (unpaired) electrons. The van der Waals surface area contributed by atoms with E-state index >= 15 is 0 Å². The van der Waals surface area contributed by atoms with Gasteiger partial charge in [0.1, 0.15) is 0 Å². The van der Waals surface area contributed by atoms with E-state index in [-0.39, 0.29) is 12.1 Å². The van der Waals surface area contributed by atoms with Crippen LogP contribution in [0.5, 0.6) is 0 Å². The molecule has 1 aromatic carbocycles. The molecule has 1 aromatic rings. The van der Waals surface area contributed by atoms with Gasteiger partial charge >= 0.3 is 0 Å². The fraction of sp³-hybridized carbons (Fsp3) is 0.600. The number of para-hydroxylation sites is 1. The third-order valence-corrected chi connectivity index (χ3v) is 4.02. The molecule has 0 saturated carbocycles. The predicted molar refractivity (Wildman–Crippen MR) is 79.3 cm³/mol. The summed E-state index contributed by atoms with van der Waals surface area (Å²) in [5.41, 5.74) is 0.624. The van der Waals surface area contributed by atoms with Crippen LogP contribution in [0, 0.1) is 5.92 Å². The highest BCUT2D eigenvalue weighted by Gasteiger charge is 2.29. The summed E-state index contributed by atoms with van der Waals surface area (Å²) < 4.78 is 0. The minimum absolute atomic E-state index is 0.124. The van der Waals surface area contributed by atoms with Gasteiger partial charge in [0.15, 0.2) is 0 Å². The van der Waals surface area contributed by atoms with Crippen molar-refractivity contribution in [2.24, 2.45) is 5.92 Å². The third kappa shape index (κ3) is 3.89. The van der Waals surface area contributed by atoms with Crippen LogP contribution in [0.2, 0.25) is 5.02 Å². The number of benzene rings is 1. The van der Waals surface area contributed by atoms with Crippen molar-refractivity contribution >= 4 is 17.3 Å². The molecule has 0 amide bonds. The molecule has 102 valence electrons. The van der Waals surface area contributed by atoms with Crippen LogP contribution in [0.4, 0.5) is 5.69 Å². The molecule has 3 heteroatoms. The highest BCUT2D eigenvalue weighted by molar-refractivity contribution is 6.33. The molecular formula is C15H24ClNO. The SMILES string of the molecule is CCC(C)CC(CC)(CO)Nc1ccccc1Cl. The molecule has 0 heterocycles. The number of aliphatic hydroxyl groups is 1. The van der Waals surface area contributed by atoms with Crippen molar-refractivity contribution in [3.8, 4) is 0 Å². The molecule has 2 nitrogen and oxygen atoms in total. The summed E-state index contributed by atoms with van der Waals surface area (Å²) in [7, 11) is 0. The quantitative estimate of drug-likeness (QED) is 0.772. The number of hydrogen-bond acceptors (Lipinski definition) is 2. The van der Waals surface area contributed by atoms with Crippen LogP contribution in [-0.4, -0.2) is 17.3 Å². The molecule has 2 unspecified atom stereocenters. The Labute approximate surface area is 115 Å². The van der Waals surface area contributed by atoms with E-state index in [1.54, 1.807) is 0 Å². The summed E-state index contributed by atoms with van der Waals surface area (Å²) in [4.78, 5) is 0. The second-order valence-electron chi connectivity index (χ2n) is 5.11. The Morgan fingerprint density at radius 3 is 2.50 bits per heavy atom. The Kier molecular flexibility index (Phi) is 5.97. The lowest BCUT2D eigenvalue weighted by molar-refractivity contribution is 0.181. The van der Waals surface area contributed by atoms with E-state index in [1.807, 2.05) is 24.3 Å². The van der Waals surface area contributed by atoms with E-state index in [4.69, 9.17) is 11.6 Å². The second kappa shape index (κ2) is 7.01. The van der Waals surface area contributed by atoms with Crippen molar-refractivity contribution in [1.82, 2.24) is 0 Å². The van der Waals surface area contributed by atoms with Crippen molar-refractivity contribution in [2.45, 2.75) is 45.6 Å². The maximum atomic E-state index is 9.77. The van der Waals surface area contributed by atoms with E-state index in [9.17, 15) is 5.11 Å². The first-order chi connectivity index (χ1) is 8.56. The van der Waals surface area contributed by atoms with Gasteiger partial charge in [-0.3, -0.25) is 0 Å². The topological polar surface area (TPSA) is 32.3 Å². The Morgan fingerprint density at radius 1 is 1.33 bits per heavy atom. The van der Waals surface area contributed by atoms with Crippen molar-refractivity contribution in [1.29, 1.82) is 0 Å². The Balaban J connectivity index is 2.88. The minimum atomic E-state index is -0.277. The minimum Gasteiger partial charge on any atom is -0.394 e. The lowest BCUT2D eigenvalue weighted by Crippen LogP contribution is -2.43.